The van der Waals surface area contributed by atoms with Gasteiger partial charge in [-0.1, -0.05) is 5.16 Å². The van der Waals surface area contributed by atoms with E-state index in [4.69, 9.17) is 0 Å². The number of carbonyl (C=O) groups excluding carboxylic acids is 2. The topological polar surface area (TPSA) is 95.3 Å². The Hall–Kier alpha value is -1.37. The van der Waals surface area contributed by atoms with Gasteiger partial charge in [-0.15, -0.1) is 0 Å². The molecule has 0 unspecified atom stereocenters. The second kappa shape index (κ2) is 5.50. The smallest absolute Gasteiger partial charge is 0.289 e. The Morgan fingerprint density at radius 1 is 1.60 bits per heavy atom. The average Bonchev–Trinajstić information content (AvgIpc) is 2.59. The summed E-state index contributed by atoms with van der Waals surface area (Å²) < 4.78 is 5.10. The first-order valence-electron chi connectivity index (χ1n) is 4.20. The molecule has 1 aromatic heterocycles. The number of hydrogen-bond donors (Lipinski definition) is 1. The molecular weight excluding hydrogens is 268 g/mol. The van der Waals surface area contributed by atoms with Crippen molar-refractivity contribution in [2.45, 2.75) is 12.8 Å². The lowest BCUT2D eigenvalue weighted by Crippen LogP contribution is -2.27. The summed E-state index contributed by atoms with van der Waals surface area (Å²) in [7, 11) is 0. The predicted octanol–water partition coefficient (Wildman–Crippen LogP) is -0.303. The molecule has 1 rings (SSSR count). The van der Waals surface area contributed by atoms with Gasteiger partial charge in [-0.05, 0) is 28.8 Å². The SMILES string of the molecule is O=C([O-])CCCNC(=O)c1cc(Br)no1. The van der Waals surface area contributed by atoms with Crippen LogP contribution in [-0.2, 0) is 4.79 Å². The Balaban J connectivity index is 2.28. The van der Waals surface area contributed by atoms with Crippen LogP contribution in [-0.4, -0.2) is 23.6 Å². The van der Waals surface area contributed by atoms with Gasteiger partial charge >= 0.3 is 0 Å². The summed E-state index contributed by atoms with van der Waals surface area (Å²) in [5.74, 6) is -1.48. The second-order valence-electron chi connectivity index (χ2n) is 2.75. The van der Waals surface area contributed by atoms with Gasteiger partial charge in [0.1, 0.15) is 4.60 Å². The first-order valence-corrected chi connectivity index (χ1v) is 4.99. The third kappa shape index (κ3) is 4.11. The van der Waals surface area contributed by atoms with E-state index >= 15 is 0 Å². The van der Waals surface area contributed by atoms with Crippen molar-refractivity contribution in [3.63, 3.8) is 0 Å². The summed E-state index contributed by atoms with van der Waals surface area (Å²) in [5.41, 5.74) is 0. The number of amides is 1. The monoisotopic (exact) mass is 275 g/mol. The van der Waals surface area contributed by atoms with E-state index in [1.54, 1.807) is 0 Å². The number of aliphatic carboxylic acids is 1. The molecule has 0 saturated heterocycles. The Morgan fingerprint density at radius 3 is 2.87 bits per heavy atom. The van der Waals surface area contributed by atoms with Gasteiger partial charge in [0.25, 0.3) is 5.91 Å². The maximum absolute atomic E-state index is 11.3. The number of hydrogen-bond acceptors (Lipinski definition) is 5. The molecule has 6 nitrogen and oxygen atoms in total. The van der Waals surface area contributed by atoms with Crippen molar-refractivity contribution in [1.82, 2.24) is 10.5 Å². The maximum Gasteiger partial charge on any atom is 0.289 e. The van der Waals surface area contributed by atoms with Crippen LogP contribution in [0.2, 0.25) is 0 Å². The highest BCUT2D eigenvalue weighted by molar-refractivity contribution is 9.10. The predicted molar refractivity (Wildman–Crippen MR) is 50.8 cm³/mol. The zero-order valence-corrected chi connectivity index (χ0v) is 9.24. The number of carboxylic acids is 1. The van der Waals surface area contributed by atoms with Gasteiger partial charge in [0.05, 0.1) is 0 Å². The first-order chi connectivity index (χ1) is 7.09. The van der Waals surface area contributed by atoms with Gasteiger partial charge in [0.15, 0.2) is 0 Å². The van der Waals surface area contributed by atoms with Gasteiger partial charge in [-0.3, -0.25) is 4.79 Å². The van der Waals surface area contributed by atoms with Gasteiger partial charge in [0.2, 0.25) is 5.76 Å². The van der Waals surface area contributed by atoms with Crippen LogP contribution in [0.15, 0.2) is 15.2 Å². The highest BCUT2D eigenvalue weighted by Gasteiger charge is 2.10. The van der Waals surface area contributed by atoms with E-state index < -0.39 is 11.9 Å². The van der Waals surface area contributed by atoms with Crippen molar-refractivity contribution in [3.8, 4) is 0 Å². The minimum atomic E-state index is -1.13. The molecular formula is C8H8BrN2O4-. The van der Waals surface area contributed by atoms with Gasteiger partial charge < -0.3 is 19.7 Å². The molecule has 1 aromatic rings. The highest BCUT2D eigenvalue weighted by Crippen LogP contribution is 2.09. The van der Waals surface area contributed by atoms with Crippen LogP contribution in [0.4, 0.5) is 0 Å². The van der Waals surface area contributed by atoms with Gasteiger partial charge in [-0.2, -0.15) is 0 Å². The zero-order valence-electron chi connectivity index (χ0n) is 7.66. The van der Waals surface area contributed by atoms with Crippen LogP contribution in [0.1, 0.15) is 23.4 Å². The van der Waals surface area contributed by atoms with Crippen molar-refractivity contribution in [1.29, 1.82) is 0 Å². The molecule has 0 fully saturated rings. The molecule has 0 aromatic carbocycles. The molecule has 1 amide bonds. The molecule has 0 aliphatic rings. The largest absolute Gasteiger partial charge is 0.550 e. The van der Waals surface area contributed by atoms with E-state index in [9.17, 15) is 14.7 Å². The molecule has 1 N–H and O–H groups in total. The third-order valence-corrected chi connectivity index (χ3v) is 1.92. The Morgan fingerprint density at radius 2 is 2.33 bits per heavy atom. The lowest BCUT2D eigenvalue weighted by atomic mass is 10.3. The number of nitrogens with zero attached hydrogens (tertiary/aromatic N) is 1. The molecule has 0 saturated carbocycles. The average molecular weight is 276 g/mol. The minimum absolute atomic E-state index is 0.0790. The van der Waals surface area contributed by atoms with E-state index in [-0.39, 0.29) is 18.7 Å². The number of nitrogens with one attached hydrogen (secondary N) is 1. The molecule has 0 spiro atoms. The lowest BCUT2D eigenvalue weighted by Gasteiger charge is -2.02. The maximum atomic E-state index is 11.3. The molecule has 0 bridgehead atoms. The summed E-state index contributed by atoms with van der Waals surface area (Å²) in [6.45, 7) is 0.255. The van der Waals surface area contributed by atoms with Gasteiger partial charge in [-0.25, -0.2) is 0 Å². The van der Waals surface area contributed by atoms with Crippen molar-refractivity contribution in [2.75, 3.05) is 6.54 Å². The van der Waals surface area contributed by atoms with Crippen LogP contribution in [0.25, 0.3) is 0 Å². The van der Waals surface area contributed by atoms with E-state index in [0.29, 0.717) is 11.0 Å². The third-order valence-electron chi connectivity index (χ3n) is 1.55. The van der Waals surface area contributed by atoms with Crippen molar-refractivity contribution in [2.24, 2.45) is 0 Å². The molecule has 0 radical (unpaired) electrons. The fourth-order valence-electron chi connectivity index (χ4n) is 0.882. The number of halogens is 1. The molecule has 15 heavy (non-hydrogen) atoms. The highest BCUT2D eigenvalue weighted by atomic mass is 79.9. The number of rotatable bonds is 5. The standard InChI is InChI=1S/C8H9BrN2O4/c9-6-4-5(15-11-6)8(14)10-3-1-2-7(12)13/h4H,1-3H2,(H,10,14)(H,12,13)/p-1. The summed E-state index contributed by atoms with van der Waals surface area (Å²) in [5, 5.41) is 16.0. The van der Waals surface area contributed by atoms with Crippen LogP contribution in [0, 0.1) is 0 Å². The molecule has 7 heteroatoms. The second-order valence-corrected chi connectivity index (χ2v) is 3.56. The number of carboxylic acid groups (broad SMARTS) is 1. The van der Waals surface area contributed by atoms with Crippen molar-refractivity contribution >= 4 is 27.8 Å². The molecule has 0 atom stereocenters. The summed E-state index contributed by atoms with van der Waals surface area (Å²) in [6.07, 6.45) is 0.240. The first kappa shape index (κ1) is 11.7. The molecule has 1 heterocycles. The zero-order chi connectivity index (χ0) is 11.3. The van der Waals surface area contributed by atoms with Crippen molar-refractivity contribution < 1.29 is 19.2 Å². The summed E-state index contributed by atoms with van der Waals surface area (Å²) in [6, 6.07) is 1.42. The number of carbonyl (C=O) groups is 2. The van der Waals surface area contributed by atoms with Crippen LogP contribution in [0.3, 0.4) is 0 Å². The van der Waals surface area contributed by atoms with Crippen LogP contribution < -0.4 is 10.4 Å². The fraction of sp³-hybridized carbons (Fsp3) is 0.375. The molecule has 0 aliphatic heterocycles. The lowest BCUT2D eigenvalue weighted by molar-refractivity contribution is -0.305. The fourth-order valence-corrected chi connectivity index (χ4v) is 1.16. The Labute approximate surface area is 93.8 Å². The van der Waals surface area contributed by atoms with Crippen LogP contribution >= 0.6 is 15.9 Å². The summed E-state index contributed by atoms with van der Waals surface area (Å²) >= 11 is 3.03. The van der Waals surface area contributed by atoms with E-state index in [0.717, 1.165) is 0 Å². The molecule has 82 valence electrons. The number of aromatic nitrogens is 1. The van der Waals surface area contributed by atoms with E-state index in [2.05, 4.69) is 30.9 Å². The quantitative estimate of drug-likeness (QED) is 0.745. The Kier molecular flexibility index (Phi) is 4.29. The molecule has 0 aliphatic carbocycles. The minimum Gasteiger partial charge on any atom is -0.550 e. The van der Waals surface area contributed by atoms with Crippen molar-refractivity contribution in [3.05, 3.63) is 16.4 Å². The normalized spacial score (nSPS) is 9.93. The Bertz CT molecular complexity index is 363. The van der Waals surface area contributed by atoms with Crippen LogP contribution in [0.5, 0.6) is 0 Å². The van der Waals surface area contributed by atoms with E-state index in [1.165, 1.54) is 6.07 Å². The van der Waals surface area contributed by atoms with E-state index in [1.807, 2.05) is 0 Å². The summed E-state index contributed by atoms with van der Waals surface area (Å²) in [4.78, 5) is 21.3. The van der Waals surface area contributed by atoms with Gasteiger partial charge in [0, 0.05) is 18.6 Å².